The molecule has 0 radical (unpaired) electrons. The highest BCUT2D eigenvalue weighted by Gasteiger charge is 2.10. The average molecular weight is 598 g/mol. The van der Waals surface area contributed by atoms with E-state index in [4.69, 9.17) is 61.1 Å². The Morgan fingerprint density at radius 1 is 0.861 bits per heavy atom. The molecule has 0 aliphatic rings. The van der Waals surface area contributed by atoms with Gasteiger partial charge < -0.3 is 10.8 Å². The summed E-state index contributed by atoms with van der Waals surface area (Å²) in [7, 11) is 1.48. The molecule has 0 aliphatic heterocycles. The molecule has 8 nitrogen and oxygen atoms in total. The smallest absolute Gasteiger partial charge is 0.300 e. The number of anilines is 1. The molecule has 13 heteroatoms. The van der Waals surface area contributed by atoms with Gasteiger partial charge in [0.25, 0.3) is 20.7 Å². The molecule has 0 saturated heterocycles. The number of rotatable bonds is 2. The van der Waals surface area contributed by atoms with Crippen LogP contribution in [-0.2, 0) is 13.8 Å². The summed E-state index contributed by atoms with van der Waals surface area (Å²) in [6, 6.07) is 14.1. The molecule has 3 N–H and O–H groups in total. The fourth-order valence-electron chi connectivity index (χ4n) is 2.18. The number of nitrogen functional groups attached to an aromatic ring is 1. The molecule has 0 heterocycles. The summed E-state index contributed by atoms with van der Waals surface area (Å²) in [5.41, 5.74) is 8.75. The first-order valence-corrected chi connectivity index (χ1v) is 13.2. The lowest BCUT2D eigenvalue weighted by Crippen LogP contribution is -1.90. The number of carbonyl (C=O) groups is 1. The number of aryl methyl sites for hydroxylation is 3. The van der Waals surface area contributed by atoms with E-state index < -0.39 is 19.9 Å². The first-order chi connectivity index (χ1) is 16.4. The lowest BCUT2D eigenvalue weighted by molar-refractivity contribution is -0.384. The normalized spacial score (nSPS) is 9.89. The number of carboxylic acid groups (broad SMARTS) is 1. The Kier molecular flexibility index (Phi) is 14.4. The van der Waals surface area contributed by atoms with Gasteiger partial charge in [0.1, 0.15) is 0 Å². The second-order valence-corrected chi connectivity index (χ2v) is 10.9. The highest BCUT2D eigenvalue weighted by Crippen LogP contribution is 2.22. The third-order valence-corrected chi connectivity index (χ3v) is 6.57. The maximum absolute atomic E-state index is 10.8. The fraction of sp³-hybridized carbons (Fsp3) is 0.174. The monoisotopic (exact) mass is 596 g/mol. The van der Waals surface area contributed by atoms with E-state index in [1.165, 1.54) is 36.4 Å². The molecular weight excluding hydrogens is 574 g/mol. The van der Waals surface area contributed by atoms with Crippen LogP contribution in [0.2, 0.25) is 15.1 Å². The summed E-state index contributed by atoms with van der Waals surface area (Å²) in [4.78, 5) is 18.9. The Labute approximate surface area is 229 Å². The first kappa shape index (κ1) is 33.4. The van der Waals surface area contributed by atoms with Gasteiger partial charge in [0.2, 0.25) is 0 Å². The molecule has 0 fully saturated rings. The predicted molar refractivity (Wildman–Crippen MR) is 146 cm³/mol. The number of carboxylic acids is 1. The molecule has 0 atom stereocenters. The molecule has 0 amide bonds. The number of halogens is 4. The molecule has 0 spiro atoms. The number of nitrogens with zero attached hydrogens (tertiary/aromatic N) is 1. The van der Waals surface area contributed by atoms with Gasteiger partial charge in [-0.1, -0.05) is 34.8 Å². The van der Waals surface area contributed by atoms with Crippen molar-refractivity contribution >= 4 is 71.9 Å². The van der Waals surface area contributed by atoms with E-state index in [2.05, 4.69) is 0 Å². The van der Waals surface area contributed by atoms with E-state index in [1.807, 2.05) is 13.0 Å². The summed E-state index contributed by atoms with van der Waals surface area (Å²) < 4.78 is 21.6. The maximum Gasteiger partial charge on any atom is 0.300 e. The van der Waals surface area contributed by atoms with Crippen molar-refractivity contribution in [3.63, 3.8) is 0 Å². The van der Waals surface area contributed by atoms with Crippen LogP contribution >= 0.6 is 45.5 Å². The van der Waals surface area contributed by atoms with Crippen LogP contribution in [-0.4, -0.2) is 24.4 Å². The van der Waals surface area contributed by atoms with E-state index in [-0.39, 0.29) is 10.6 Å². The van der Waals surface area contributed by atoms with Crippen LogP contribution in [0.5, 0.6) is 0 Å². The highest BCUT2D eigenvalue weighted by atomic mass is 35.7. The van der Waals surface area contributed by atoms with Crippen molar-refractivity contribution in [3.05, 3.63) is 96.5 Å². The molecule has 36 heavy (non-hydrogen) atoms. The largest absolute Gasteiger partial charge is 0.481 e. The Hall–Kier alpha value is -2.56. The zero-order valence-electron chi connectivity index (χ0n) is 19.6. The van der Waals surface area contributed by atoms with Gasteiger partial charge in [0, 0.05) is 50.5 Å². The van der Waals surface area contributed by atoms with Gasteiger partial charge in [0.05, 0.1) is 9.82 Å². The summed E-state index contributed by atoms with van der Waals surface area (Å²) in [5.74, 6) is -0.833. The van der Waals surface area contributed by atoms with Gasteiger partial charge in [0.15, 0.2) is 0 Å². The number of benzene rings is 3. The quantitative estimate of drug-likeness (QED) is 0.135. The molecule has 3 aromatic carbocycles. The summed E-state index contributed by atoms with van der Waals surface area (Å²) in [5, 5.41) is 19.5. The van der Waals surface area contributed by atoms with Crippen molar-refractivity contribution in [3.8, 4) is 0 Å². The van der Waals surface area contributed by atoms with Crippen LogP contribution in [0, 0.1) is 30.9 Å². The minimum atomic E-state index is -3.63. The second-order valence-electron chi connectivity index (χ2n) is 7.07. The third kappa shape index (κ3) is 13.5. The number of nitro benzene ring substituents is 1. The van der Waals surface area contributed by atoms with Crippen LogP contribution in [0.4, 0.5) is 11.4 Å². The van der Waals surface area contributed by atoms with Crippen molar-refractivity contribution < 1.29 is 23.2 Å². The maximum atomic E-state index is 10.8. The van der Waals surface area contributed by atoms with Crippen molar-refractivity contribution in [2.45, 2.75) is 32.6 Å². The van der Waals surface area contributed by atoms with Crippen LogP contribution in [0.3, 0.4) is 0 Å². The van der Waals surface area contributed by atoms with Gasteiger partial charge in [-0.05, 0) is 79.9 Å². The van der Waals surface area contributed by atoms with Gasteiger partial charge in [-0.3, -0.25) is 14.9 Å². The molecule has 3 rings (SSSR count). The van der Waals surface area contributed by atoms with Gasteiger partial charge in [-0.2, -0.15) is 0 Å². The Balaban J connectivity index is 0.000000478. The average Bonchev–Trinajstić information content (AvgIpc) is 2.74. The zero-order chi connectivity index (χ0) is 28.2. The predicted octanol–water partition coefficient (Wildman–Crippen LogP) is 7.45. The van der Waals surface area contributed by atoms with Crippen LogP contribution < -0.4 is 5.73 Å². The van der Waals surface area contributed by atoms with Crippen molar-refractivity contribution in [1.29, 1.82) is 0 Å². The van der Waals surface area contributed by atoms with Crippen molar-refractivity contribution in [2.75, 3.05) is 5.73 Å². The van der Waals surface area contributed by atoms with Crippen LogP contribution in [0.15, 0.2) is 59.5 Å². The molecule has 0 aliphatic carbocycles. The standard InChI is InChI=1S/C7H6Cl2O2S.C7H6ClNO2.C7H8ClN.C2H4O2/c1-5-4-6(12(9,10)11)2-3-7(5)8;1-5-4-6(9(10)11)2-3-7(5)8;1-5-4-6(9)2-3-7(5)8;1-2(3)4/h2-4H,1H3;2-4H,1H3;2-4H,9H2,1H3;1H3,(H,3,4). The van der Waals surface area contributed by atoms with Gasteiger partial charge in [-0.25, -0.2) is 8.42 Å². The summed E-state index contributed by atoms with van der Waals surface area (Å²) in [6.07, 6.45) is 0. The topological polar surface area (TPSA) is 141 Å². The lowest BCUT2D eigenvalue weighted by atomic mass is 10.2. The minimum absolute atomic E-state index is 0.0751. The number of nitrogens with two attached hydrogens (primary N) is 1. The molecule has 0 aromatic heterocycles. The highest BCUT2D eigenvalue weighted by molar-refractivity contribution is 8.13. The fourth-order valence-corrected chi connectivity index (χ4v) is 3.37. The van der Waals surface area contributed by atoms with E-state index in [1.54, 1.807) is 26.0 Å². The second kappa shape index (κ2) is 15.5. The van der Waals surface area contributed by atoms with Crippen molar-refractivity contribution in [2.24, 2.45) is 0 Å². The van der Waals surface area contributed by atoms with Gasteiger partial charge in [-0.15, -0.1) is 0 Å². The van der Waals surface area contributed by atoms with Crippen molar-refractivity contribution in [1.82, 2.24) is 0 Å². The lowest BCUT2D eigenvalue weighted by Gasteiger charge is -1.99. The molecule has 0 bridgehead atoms. The van der Waals surface area contributed by atoms with E-state index in [0.717, 1.165) is 28.8 Å². The number of aliphatic carboxylic acids is 1. The van der Waals surface area contributed by atoms with E-state index >= 15 is 0 Å². The summed E-state index contributed by atoms with van der Waals surface area (Å²) >= 11 is 17.1. The number of non-ortho nitro benzene ring substituents is 1. The first-order valence-electron chi connectivity index (χ1n) is 9.78. The third-order valence-electron chi connectivity index (χ3n) is 3.95. The van der Waals surface area contributed by atoms with Crippen LogP contribution in [0.1, 0.15) is 23.6 Å². The minimum Gasteiger partial charge on any atom is -0.481 e. The molecular formula is C23H24Cl4N2O6S. The molecule has 0 unspecified atom stereocenters. The number of hydrogen-bond acceptors (Lipinski definition) is 6. The zero-order valence-corrected chi connectivity index (χ0v) is 23.5. The molecule has 3 aromatic rings. The Bertz CT molecular complexity index is 1310. The molecule has 196 valence electrons. The van der Waals surface area contributed by atoms with Gasteiger partial charge >= 0.3 is 0 Å². The number of hydrogen-bond donors (Lipinski definition) is 2. The van der Waals surface area contributed by atoms with Crippen LogP contribution in [0.25, 0.3) is 0 Å². The molecule has 0 saturated carbocycles. The number of nitro groups is 1. The summed E-state index contributed by atoms with van der Waals surface area (Å²) in [6.45, 7) is 6.46. The van der Waals surface area contributed by atoms with E-state index in [9.17, 15) is 18.5 Å². The SMILES string of the molecule is CC(=O)O.Cc1cc(N)ccc1Cl.Cc1cc(S(=O)(=O)Cl)ccc1Cl.Cc1cc([N+](=O)[O-])ccc1Cl. The Morgan fingerprint density at radius 3 is 1.58 bits per heavy atom. The van der Waals surface area contributed by atoms with E-state index in [0.29, 0.717) is 15.6 Å². The Morgan fingerprint density at radius 2 is 1.25 bits per heavy atom.